The van der Waals surface area contributed by atoms with Crippen molar-refractivity contribution in [2.45, 2.75) is 27.2 Å². The second-order valence-electron chi connectivity index (χ2n) is 3.07. The minimum atomic E-state index is 0.723. The van der Waals surface area contributed by atoms with Crippen molar-refractivity contribution in [1.29, 1.82) is 0 Å². The van der Waals surface area contributed by atoms with Crippen molar-refractivity contribution in [3.63, 3.8) is 0 Å². The number of hydrogen-bond acceptors (Lipinski definition) is 2. The summed E-state index contributed by atoms with van der Waals surface area (Å²) in [5.41, 5.74) is 1.18. The van der Waals surface area contributed by atoms with E-state index >= 15 is 0 Å². The molecule has 0 bridgehead atoms. The first-order chi connectivity index (χ1) is 5.09. The van der Waals surface area contributed by atoms with Crippen LogP contribution in [-0.2, 0) is 6.42 Å². The standard InChI is InChI=1S/C8H12BrNS/c1-5(2)4-7-6(3)10-8(9)11-7/h5H,4H2,1-3H3. The Balaban J connectivity index is 2.77. The van der Waals surface area contributed by atoms with Gasteiger partial charge in [-0.2, -0.15) is 0 Å². The molecule has 0 aromatic carbocycles. The average molecular weight is 234 g/mol. The van der Waals surface area contributed by atoms with Crippen LogP contribution in [0.25, 0.3) is 0 Å². The maximum absolute atomic E-state index is 4.30. The molecule has 1 heterocycles. The van der Waals surface area contributed by atoms with Crippen LogP contribution in [0.2, 0.25) is 0 Å². The van der Waals surface area contributed by atoms with Gasteiger partial charge >= 0.3 is 0 Å². The Kier molecular flexibility index (Phi) is 3.07. The molecule has 3 heteroatoms. The lowest BCUT2D eigenvalue weighted by Gasteiger charge is -2.00. The van der Waals surface area contributed by atoms with E-state index in [1.165, 1.54) is 10.6 Å². The fourth-order valence-electron chi connectivity index (χ4n) is 0.953. The molecule has 11 heavy (non-hydrogen) atoms. The first kappa shape index (κ1) is 9.20. The smallest absolute Gasteiger partial charge is 0.159 e. The van der Waals surface area contributed by atoms with Gasteiger partial charge in [-0.3, -0.25) is 0 Å². The first-order valence-corrected chi connectivity index (χ1v) is 5.32. The zero-order valence-corrected chi connectivity index (χ0v) is 9.42. The molecule has 0 aliphatic rings. The molecule has 0 aliphatic heterocycles. The monoisotopic (exact) mass is 233 g/mol. The third kappa shape index (κ3) is 2.56. The number of thiazole rings is 1. The van der Waals surface area contributed by atoms with E-state index in [1.54, 1.807) is 11.3 Å². The molecule has 0 aliphatic carbocycles. The molecular formula is C8H12BrNS. The Hall–Kier alpha value is 0.110. The summed E-state index contributed by atoms with van der Waals surface area (Å²) in [5, 5.41) is 0. The maximum atomic E-state index is 4.30. The Morgan fingerprint density at radius 3 is 2.55 bits per heavy atom. The summed E-state index contributed by atoms with van der Waals surface area (Å²) in [5.74, 6) is 0.723. The minimum absolute atomic E-state index is 0.723. The Labute approximate surface area is 80.0 Å². The summed E-state index contributed by atoms with van der Waals surface area (Å²) in [4.78, 5) is 5.71. The number of halogens is 1. The quantitative estimate of drug-likeness (QED) is 0.764. The van der Waals surface area contributed by atoms with Gasteiger partial charge in [-0.05, 0) is 35.2 Å². The Bertz CT molecular complexity index is 242. The fourth-order valence-corrected chi connectivity index (χ4v) is 2.80. The summed E-state index contributed by atoms with van der Waals surface area (Å²) in [6.07, 6.45) is 1.15. The van der Waals surface area contributed by atoms with Gasteiger partial charge in [0.25, 0.3) is 0 Å². The van der Waals surface area contributed by atoms with E-state index in [-0.39, 0.29) is 0 Å². The highest BCUT2D eigenvalue weighted by Crippen LogP contribution is 2.24. The second-order valence-corrected chi connectivity index (χ2v) is 5.43. The largest absolute Gasteiger partial charge is 0.234 e. The van der Waals surface area contributed by atoms with Gasteiger partial charge in [0.1, 0.15) is 0 Å². The molecule has 0 spiro atoms. The predicted molar refractivity (Wildman–Crippen MR) is 53.1 cm³/mol. The molecule has 0 saturated carbocycles. The first-order valence-electron chi connectivity index (χ1n) is 3.71. The van der Waals surface area contributed by atoms with Crippen LogP contribution >= 0.6 is 27.3 Å². The van der Waals surface area contributed by atoms with Crippen molar-refractivity contribution in [2.75, 3.05) is 0 Å². The molecule has 0 N–H and O–H groups in total. The minimum Gasteiger partial charge on any atom is -0.234 e. The van der Waals surface area contributed by atoms with E-state index in [9.17, 15) is 0 Å². The molecule has 0 radical (unpaired) electrons. The van der Waals surface area contributed by atoms with Gasteiger partial charge in [0.15, 0.2) is 3.92 Å². The molecule has 0 amide bonds. The highest BCUT2D eigenvalue weighted by molar-refractivity contribution is 9.11. The van der Waals surface area contributed by atoms with Crippen LogP contribution in [0, 0.1) is 12.8 Å². The van der Waals surface area contributed by atoms with Crippen molar-refractivity contribution in [3.8, 4) is 0 Å². The molecule has 1 aromatic rings. The van der Waals surface area contributed by atoms with E-state index < -0.39 is 0 Å². The molecule has 0 unspecified atom stereocenters. The molecular weight excluding hydrogens is 222 g/mol. The lowest BCUT2D eigenvalue weighted by molar-refractivity contribution is 0.651. The lowest BCUT2D eigenvalue weighted by atomic mass is 10.1. The summed E-state index contributed by atoms with van der Waals surface area (Å²) in [6, 6.07) is 0. The molecule has 1 rings (SSSR count). The van der Waals surface area contributed by atoms with Gasteiger partial charge in [0.05, 0.1) is 5.69 Å². The highest BCUT2D eigenvalue weighted by atomic mass is 79.9. The van der Waals surface area contributed by atoms with Gasteiger partial charge in [-0.25, -0.2) is 4.98 Å². The summed E-state index contributed by atoms with van der Waals surface area (Å²) in [6.45, 7) is 6.53. The van der Waals surface area contributed by atoms with Crippen molar-refractivity contribution >= 4 is 27.3 Å². The number of rotatable bonds is 2. The van der Waals surface area contributed by atoms with Crippen LogP contribution in [0.4, 0.5) is 0 Å². The highest BCUT2D eigenvalue weighted by Gasteiger charge is 2.06. The third-order valence-electron chi connectivity index (χ3n) is 1.46. The van der Waals surface area contributed by atoms with Crippen LogP contribution in [0.5, 0.6) is 0 Å². The van der Waals surface area contributed by atoms with Crippen molar-refractivity contribution in [2.24, 2.45) is 5.92 Å². The van der Waals surface area contributed by atoms with Gasteiger partial charge in [0.2, 0.25) is 0 Å². The lowest BCUT2D eigenvalue weighted by Crippen LogP contribution is -1.92. The van der Waals surface area contributed by atoms with Gasteiger partial charge in [-0.15, -0.1) is 11.3 Å². The predicted octanol–water partition coefficient (Wildman–Crippen LogP) is 3.41. The molecule has 0 saturated heterocycles. The molecule has 0 fully saturated rings. The Morgan fingerprint density at radius 1 is 1.55 bits per heavy atom. The Morgan fingerprint density at radius 2 is 2.18 bits per heavy atom. The van der Waals surface area contributed by atoms with E-state index in [1.807, 2.05) is 0 Å². The average Bonchev–Trinajstić information content (AvgIpc) is 2.09. The van der Waals surface area contributed by atoms with Crippen LogP contribution in [0.15, 0.2) is 3.92 Å². The van der Waals surface area contributed by atoms with E-state index in [4.69, 9.17) is 0 Å². The van der Waals surface area contributed by atoms with Gasteiger partial charge in [-0.1, -0.05) is 13.8 Å². The molecule has 0 atom stereocenters. The summed E-state index contributed by atoms with van der Waals surface area (Å²) >= 11 is 5.13. The maximum Gasteiger partial charge on any atom is 0.159 e. The zero-order valence-electron chi connectivity index (χ0n) is 7.02. The van der Waals surface area contributed by atoms with Crippen LogP contribution in [0.1, 0.15) is 24.4 Å². The summed E-state index contributed by atoms with van der Waals surface area (Å²) < 4.78 is 1.01. The number of hydrogen-bond donors (Lipinski definition) is 0. The molecule has 1 aromatic heterocycles. The van der Waals surface area contributed by atoms with E-state index in [2.05, 4.69) is 41.7 Å². The molecule has 62 valence electrons. The number of aromatic nitrogens is 1. The topological polar surface area (TPSA) is 12.9 Å². The normalized spacial score (nSPS) is 11.0. The van der Waals surface area contributed by atoms with E-state index in [0.29, 0.717) is 0 Å². The van der Waals surface area contributed by atoms with E-state index in [0.717, 1.165) is 16.3 Å². The van der Waals surface area contributed by atoms with Gasteiger partial charge in [0, 0.05) is 4.88 Å². The summed E-state index contributed by atoms with van der Waals surface area (Å²) in [7, 11) is 0. The SMILES string of the molecule is Cc1nc(Br)sc1CC(C)C. The second kappa shape index (κ2) is 3.68. The zero-order chi connectivity index (χ0) is 8.43. The van der Waals surface area contributed by atoms with Crippen molar-refractivity contribution in [1.82, 2.24) is 4.98 Å². The fraction of sp³-hybridized carbons (Fsp3) is 0.625. The van der Waals surface area contributed by atoms with Gasteiger partial charge < -0.3 is 0 Å². The van der Waals surface area contributed by atoms with Crippen molar-refractivity contribution in [3.05, 3.63) is 14.5 Å². The number of aryl methyl sites for hydroxylation is 1. The van der Waals surface area contributed by atoms with Crippen LogP contribution in [0.3, 0.4) is 0 Å². The van der Waals surface area contributed by atoms with Crippen LogP contribution in [-0.4, -0.2) is 4.98 Å². The molecule has 1 nitrogen and oxygen atoms in total. The van der Waals surface area contributed by atoms with Crippen molar-refractivity contribution < 1.29 is 0 Å². The van der Waals surface area contributed by atoms with Crippen LogP contribution < -0.4 is 0 Å². The number of nitrogens with zero attached hydrogens (tertiary/aromatic N) is 1. The third-order valence-corrected chi connectivity index (χ3v) is 3.09.